The molecule has 0 saturated carbocycles. The van der Waals surface area contributed by atoms with Crippen LogP contribution in [0.25, 0.3) is 0 Å². The van der Waals surface area contributed by atoms with Crippen LogP contribution in [0.3, 0.4) is 0 Å². The standard InChI is InChI=1S/C17H30N2O/c1-6-19(13-17(4,5)20)16-9-7-15(8-10-16)12-18-11-14(2)3/h7-10,14,18,20H,6,11-13H2,1-5H3. The second-order valence-corrected chi connectivity index (χ2v) is 6.52. The number of hydrogen-bond donors (Lipinski definition) is 2. The predicted octanol–water partition coefficient (Wildman–Crippen LogP) is 3.03. The van der Waals surface area contributed by atoms with Gasteiger partial charge in [-0.3, -0.25) is 0 Å². The van der Waals surface area contributed by atoms with E-state index in [9.17, 15) is 5.11 Å². The Morgan fingerprint density at radius 2 is 1.80 bits per heavy atom. The van der Waals surface area contributed by atoms with E-state index in [2.05, 4.69) is 55.3 Å². The lowest BCUT2D eigenvalue weighted by Crippen LogP contribution is -2.38. The predicted molar refractivity (Wildman–Crippen MR) is 87.2 cm³/mol. The van der Waals surface area contributed by atoms with Crippen LogP contribution in [0.4, 0.5) is 5.69 Å². The molecule has 0 atom stereocenters. The van der Waals surface area contributed by atoms with Crippen LogP contribution in [-0.2, 0) is 6.54 Å². The van der Waals surface area contributed by atoms with E-state index in [0.717, 1.165) is 19.6 Å². The number of nitrogens with one attached hydrogen (secondary N) is 1. The highest BCUT2D eigenvalue weighted by molar-refractivity contribution is 5.47. The van der Waals surface area contributed by atoms with Crippen LogP contribution in [0.15, 0.2) is 24.3 Å². The van der Waals surface area contributed by atoms with Crippen LogP contribution in [0.2, 0.25) is 0 Å². The van der Waals surface area contributed by atoms with Crippen molar-refractivity contribution in [3.05, 3.63) is 29.8 Å². The number of hydrogen-bond acceptors (Lipinski definition) is 3. The van der Waals surface area contributed by atoms with E-state index in [4.69, 9.17) is 0 Å². The molecule has 0 saturated heterocycles. The monoisotopic (exact) mass is 278 g/mol. The quantitative estimate of drug-likeness (QED) is 0.767. The summed E-state index contributed by atoms with van der Waals surface area (Å²) in [5, 5.41) is 13.4. The minimum Gasteiger partial charge on any atom is -0.389 e. The lowest BCUT2D eigenvalue weighted by Gasteiger charge is -2.30. The summed E-state index contributed by atoms with van der Waals surface area (Å²) in [6.07, 6.45) is 0. The topological polar surface area (TPSA) is 35.5 Å². The van der Waals surface area contributed by atoms with Gasteiger partial charge in [0, 0.05) is 25.3 Å². The first-order valence-electron chi connectivity index (χ1n) is 7.59. The van der Waals surface area contributed by atoms with Gasteiger partial charge in [-0.2, -0.15) is 0 Å². The highest BCUT2D eigenvalue weighted by atomic mass is 16.3. The summed E-state index contributed by atoms with van der Waals surface area (Å²) in [7, 11) is 0. The van der Waals surface area contributed by atoms with Crippen molar-refractivity contribution in [2.75, 3.05) is 24.5 Å². The van der Waals surface area contributed by atoms with Gasteiger partial charge in [0.05, 0.1) is 5.60 Å². The summed E-state index contributed by atoms with van der Waals surface area (Å²) in [6, 6.07) is 8.61. The van der Waals surface area contributed by atoms with Crippen LogP contribution < -0.4 is 10.2 Å². The lowest BCUT2D eigenvalue weighted by atomic mass is 10.1. The fraction of sp³-hybridized carbons (Fsp3) is 0.647. The first kappa shape index (κ1) is 17.0. The third-order valence-corrected chi connectivity index (χ3v) is 3.14. The van der Waals surface area contributed by atoms with Gasteiger partial charge in [0.2, 0.25) is 0 Å². The summed E-state index contributed by atoms with van der Waals surface area (Å²) in [4.78, 5) is 2.20. The summed E-state index contributed by atoms with van der Waals surface area (Å²) in [6.45, 7) is 13.7. The molecule has 0 aliphatic heterocycles. The summed E-state index contributed by atoms with van der Waals surface area (Å²) < 4.78 is 0. The number of likely N-dealkylation sites (N-methyl/N-ethyl adjacent to an activating group) is 1. The number of aliphatic hydroxyl groups is 1. The van der Waals surface area contributed by atoms with Gasteiger partial charge in [0.15, 0.2) is 0 Å². The fourth-order valence-electron chi connectivity index (χ4n) is 2.18. The molecule has 1 aromatic rings. The van der Waals surface area contributed by atoms with Crippen molar-refractivity contribution in [3.63, 3.8) is 0 Å². The van der Waals surface area contributed by atoms with Crippen molar-refractivity contribution < 1.29 is 5.11 Å². The Hall–Kier alpha value is -1.06. The van der Waals surface area contributed by atoms with E-state index < -0.39 is 5.60 Å². The number of nitrogens with zero attached hydrogens (tertiary/aromatic N) is 1. The summed E-state index contributed by atoms with van der Waals surface area (Å²) in [5.74, 6) is 0.677. The van der Waals surface area contributed by atoms with Crippen molar-refractivity contribution in [2.45, 2.75) is 46.8 Å². The zero-order valence-electron chi connectivity index (χ0n) is 13.6. The minimum absolute atomic E-state index is 0.647. The molecule has 3 heteroatoms. The average molecular weight is 278 g/mol. The maximum absolute atomic E-state index is 9.95. The second kappa shape index (κ2) is 7.65. The van der Waals surface area contributed by atoms with Crippen molar-refractivity contribution in [2.24, 2.45) is 5.92 Å². The van der Waals surface area contributed by atoms with E-state index >= 15 is 0 Å². The zero-order valence-corrected chi connectivity index (χ0v) is 13.6. The van der Waals surface area contributed by atoms with Gasteiger partial charge >= 0.3 is 0 Å². The molecule has 0 fully saturated rings. The van der Waals surface area contributed by atoms with Gasteiger partial charge in [-0.05, 0) is 50.9 Å². The Morgan fingerprint density at radius 1 is 1.20 bits per heavy atom. The molecule has 0 aromatic heterocycles. The van der Waals surface area contributed by atoms with Gasteiger partial charge in [0.1, 0.15) is 0 Å². The second-order valence-electron chi connectivity index (χ2n) is 6.52. The van der Waals surface area contributed by atoms with Crippen LogP contribution in [0.1, 0.15) is 40.2 Å². The third-order valence-electron chi connectivity index (χ3n) is 3.14. The van der Waals surface area contributed by atoms with E-state index in [1.54, 1.807) is 0 Å². The van der Waals surface area contributed by atoms with E-state index in [-0.39, 0.29) is 0 Å². The maximum Gasteiger partial charge on any atom is 0.0765 e. The Labute approximate surface area is 124 Å². The molecule has 2 N–H and O–H groups in total. The Morgan fingerprint density at radius 3 is 2.25 bits per heavy atom. The van der Waals surface area contributed by atoms with E-state index in [0.29, 0.717) is 12.5 Å². The minimum atomic E-state index is -0.673. The van der Waals surface area contributed by atoms with Gasteiger partial charge in [-0.15, -0.1) is 0 Å². The van der Waals surface area contributed by atoms with Crippen LogP contribution in [0, 0.1) is 5.92 Å². The van der Waals surface area contributed by atoms with Crippen molar-refractivity contribution in [1.29, 1.82) is 0 Å². The molecule has 0 radical (unpaired) electrons. The SMILES string of the molecule is CCN(CC(C)(C)O)c1ccc(CNCC(C)C)cc1. The first-order chi connectivity index (χ1) is 9.31. The normalized spacial score (nSPS) is 11.9. The number of anilines is 1. The molecule has 0 amide bonds. The maximum atomic E-state index is 9.95. The molecular weight excluding hydrogens is 248 g/mol. The molecule has 3 nitrogen and oxygen atoms in total. The molecule has 0 unspecified atom stereocenters. The van der Waals surface area contributed by atoms with Crippen LogP contribution >= 0.6 is 0 Å². The Bertz CT molecular complexity index is 379. The van der Waals surface area contributed by atoms with Gasteiger partial charge in [-0.25, -0.2) is 0 Å². The molecule has 0 heterocycles. The van der Waals surface area contributed by atoms with Crippen molar-refractivity contribution in [1.82, 2.24) is 5.32 Å². The van der Waals surface area contributed by atoms with E-state index in [1.807, 2.05) is 13.8 Å². The lowest BCUT2D eigenvalue weighted by molar-refractivity contribution is 0.0876. The largest absolute Gasteiger partial charge is 0.389 e. The number of benzene rings is 1. The number of rotatable bonds is 8. The molecule has 1 aromatic carbocycles. The van der Waals surface area contributed by atoms with Gasteiger partial charge in [0.25, 0.3) is 0 Å². The third kappa shape index (κ3) is 6.40. The highest BCUT2D eigenvalue weighted by Crippen LogP contribution is 2.18. The summed E-state index contributed by atoms with van der Waals surface area (Å²) in [5.41, 5.74) is 1.80. The molecule has 1 rings (SSSR count). The molecule has 0 aliphatic carbocycles. The molecule has 0 spiro atoms. The zero-order chi connectivity index (χ0) is 15.2. The molecule has 0 aliphatic rings. The Balaban J connectivity index is 2.60. The summed E-state index contributed by atoms with van der Waals surface area (Å²) >= 11 is 0. The van der Waals surface area contributed by atoms with Crippen molar-refractivity contribution in [3.8, 4) is 0 Å². The van der Waals surface area contributed by atoms with Gasteiger partial charge in [-0.1, -0.05) is 26.0 Å². The average Bonchev–Trinajstić information content (AvgIpc) is 2.35. The first-order valence-corrected chi connectivity index (χ1v) is 7.59. The van der Waals surface area contributed by atoms with Gasteiger partial charge < -0.3 is 15.3 Å². The fourth-order valence-corrected chi connectivity index (χ4v) is 2.18. The molecule has 0 bridgehead atoms. The highest BCUT2D eigenvalue weighted by Gasteiger charge is 2.17. The van der Waals surface area contributed by atoms with E-state index in [1.165, 1.54) is 11.3 Å². The van der Waals surface area contributed by atoms with Crippen LogP contribution in [0.5, 0.6) is 0 Å². The molecule has 20 heavy (non-hydrogen) atoms. The molecular formula is C17H30N2O. The smallest absolute Gasteiger partial charge is 0.0765 e. The Kier molecular flexibility index (Phi) is 6.50. The van der Waals surface area contributed by atoms with Crippen molar-refractivity contribution >= 4 is 5.69 Å². The van der Waals surface area contributed by atoms with Crippen LogP contribution in [-0.4, -0.2) is 30.3 Å². The molecule has 114 valence electrons.